The molecule has 1 unspecified atom stereocenters. The molecule has 0 saturated heterocycles. The molecule has 0 radical (unpaired) electrons. The van der Waals surface area contributed by atoms with Crippen LogP contribution in [-0.4, -0.2) is 19.0 Å². The minimum atomic E-state index is 0.211. The zero-order chi connectivity index (χ0) is 10.3. The fourth-order valence-corrected chi connectivity index (χ4v) is 1.06. The predicted molar refractivity (Wildman–Crippen MR) is 54.8 cm³/mol. The Bertz CT molecular complexity index is 141. The van der Waals surface area contributed by atoms with E-state index in [0.29, 0.717) is 18.1 Å². The molecule has 0 spiro atoms. The molecule has 0 N–H and O–H groups in total. The maximum atomic E-state index is 11.3. The lowest BCUT2D eigenvalue weighted by molar-refractivity contribution is -0.119. The summed E-state index contributed by atoms with van der Waals surface area (Å²) in [5.74, 6) is 1.00. The van der Waals surface area contributed by atoms with Gasteiger partial charge in [0.15, 0.2) is 0 Å². The number of ether oxygens (including phenoxy) is 1. The van der Waals surface area contributed by atoms with Gasteiger partial charge in [-0.1, -0.05) is 13.8 Å². The molecule has 0 aliphatic rings. The van der Waals surface area contributed by atoms with Gasteiger partial charge >= 0.3 is 0 Å². The van der Waals surface area contributed by atoms with E-state index in [-0.39, 0.29) is 6.10 Å². The Hall–Kier alpha value is -0.370. The number of carbonyl (C=O) groups excluding carboxylic acids is 1. The summed E-state index contributed by atoms with van der Waals surface area (Å²) in [5.41, 5.74) is 0. The first kappa shape index (κ1) is 12.6. The molecule has 0 aromatic rings. The van der Waals surface area contributed by atoms with Crippen LogP contribution in [0.2, 0.25) is 0 Å². The molecule has 0 heterocycles. The normalized spacial score (nSPS) is 13.3. The van der Waals surface area contributed by atoms with Gasteiger partial charge in [0, 0.05) is 20.0 Å². The first-order valence-electron chi connectivity index (χ1n) is 5.10. The molecule has 0 amide bonds. The van der Waals surface area contributed by atoms with E-state index in [4.69, 9.17) is 4.74 Å². The minimum absolute atomic E-state index is 0.211. The standard InChI is InChI=1S/C11H22O2/c1-9(2)5-7-11(12)8-6-10(3)13-4/h9-10H,5-8H2,1-4H3. The predicted octanol–water partition coefficient (Wildman–Crippen LogP) is 2.81. The monoisotopic (exact) mass is 186 g/mol. The molecule has 0 aliphatic heterocycles. The summed E-state index contributed by atoms with van der Waals surface area (Å²) in [5, 5.41) is 0. The summed E-state index contributed by atoms with van der Waals surface area (Å²) < 4.78 is 5.07. The maximum absolute atomic E-state index is 11.3. The van der Waals surface area contributed by atoms with Crippen molar-refractivity contribution < 1.29 is 9.53 Å². The Kier molecular flexibility index (Phi) is 6.87. The highest BCUT2D eigenvalue weighted by atomic mass is 16.5. The van der Waals surface area contributed by atoms with Crippen LogP contribution >= 0.6 is 0 Å². The molecule has 0 fully saturated rings. The van der Waals surface area contributed by atoms with E-state index in [9.17, 15) is 4.79 Å². The van der Waals surface area contributed by atoms with Crippen molar-refractivity contribution in [1.82, 2.24) is 0 Å². The van der Waals surface area contributed by atoms with Crippen molar-refractivity contribution in [3.05, 3.63) is 0 Å². The van der Waals surface area contributed by atoms with Crippen LogP contribution in [0.3, 0.4) is 0 Å². The third kappa shape index (κ3) is 7.97. The molecule has 1 atom stereocenters. The van der Waals surface area contributed by atoms with Crippen LogP contribution in [0.25, 0.3) is 0 Å². The number of hydrogen-bond donors (Lipinski definition) is 0. The fraction of sp³-hybridized carbons (Fsp3) is 0.909. The van der Waals surface area contributed by atoms with Gasteiger partial charge in [0.2, 0.25) is 0 Å². The SMILES string of the molecule is COC(C)CCC(=O)CCC(C)C. The van der Waals surface area contributed by atoms with Crippen molar-refractivity contribution in [3.8, 4) is 0 Å². The molecule has 0 aromatic carbocycles. The Balaban J connectivity index is 3.40. The van der Waals surface area contributed by atoms with Crippen molar-refractivity contribution in [2.75, 3.05) is 7.11 Å². The summed E-state index contributed by atoms with van der Waals surface area (Å²) in [7, 11) is 1.68. The molecule has 0 rings (SSSR count). The second kappa shape index (κ2) is 7.07. The summed E-state index contributed by atoms with van der Waals surface area (Å²) in [4.78, 5) is 11.3. The van der Waals surface area contributed by atoms with Gasteiger partial charge in [0.25, 0.3) is 0 Å². The van der Waals surface area contributed by atoms with Crippen LogP contribution in [0.5, 0.6) is 0 Å². The van der Waals surface area contributed by atoms with E-state index in [1.165, 1.54) is 0 Å². The van der Waals surface area contributed by atoms with E-state index < -0.39 is 0 Å². The molecule has 0 saturated carbocycles. The topological polar surface area (TPSA) is 26.3 Å². The summed E-state index contributed by atoms with van der Waals surface area (Å²) >= 11 is 0. The van der Waals surface area contributed by atoms with E-state index in [2.05, 4.69) is 13.8 Å². The second-order valence-corrected chi connectivity index (χ2v) is 4.06. The number of carbonyl (C=O) groups is 1. The van der Waals surface area contributed by atoms with E-state index in [1.807, 2.05) is 6.92 Å². The van der Waals surface area contributed by atoms with Crippen LogP contribution < -0.4 is 0 Å². The molecular formula is C11H22O2. The second-order valence-electron chi connectivity index (χ2n) is 4.06. The molecule has 0 aliphatic carbocycles. The Morgan fingerprint density at radius 1 is 1.15 bits per heavy atom. The Labute approximate surface area is 81.7 Å². The van der Waals surface area contributed by atoms with Crippen molar-refractivity contribution >= 4 is 5.78 Å². The van der Waals surface area contributed by atoms with Gasteiger partial charge in [-0.25, -0.2) is 0 Å². The van der Waals surface area contributed by atoms with Gasteiger partial charge in [-0.15, -0.1) is 0 Å². The summed E-state index contributed by atoms with van der Waals surface area (Å²) in [6.45, 7) is 6.28. The number of rotatable bonds is 7. The molecule has 2 heteroatoms. The van der Waals surface area contributed by atoms with Crippen LogP contribution in [0, 0.1) is 5.92 Å². The molecule has 2 nitrogen and oxygen atoms in total. The number of hydrogen-bond acceptors (Lipinski definition) is 2. The van der Waals surface area contributed by atoms with Crippen LogP contribution in [0.15, 0.2) is 0 Å². The van der Waals surface area contributed by atoms with Crippen molar-refractivity contribution in [2.24, 2.45) is 5.92 Å². The summed E-state index contributed by atoms with van der Waals surface area (Å²) in [6.07, 6.45) is 3.48. The number of ketones is 1. The Morgan fingerprint density at radius 3 is 2.15 bits per heavy atom. The average Bonchev–Trinajstić information content (AvgIpc) is 2.10. The smallest absolute Gasteiger partial charge is 0.133 e. The lowest BCUT2D eigenvalue weighted by Crippen LogP contribution is -2.08. The van der Waals surface area contributed by atoms with E-state index in [1.54, 1.807) is 7.11 Å². The van der Waals surface area contributed by atoms with Gasteiger partial charge in [-0.3, -0.25) is 4.79 Å². The van der Waals surface area contributed by atoms with Gasteiger partial charge in [0.1, 0.15) is 5.78 Å². The third-order valence-corrected chi connectivity index (χ3v) is 2.23. The number of Topliss-reactive ketones (excluding diaryl/α,β-unsaturated/α-hetero) is 1. The largest absolute Gasteiger partial charge is 0.382 e. The van der Waals surface area contributed by atoms with Gasteiger partial charge in [-0.05, 0) is 25.7 Å². The lowest BCUT2D eigenvalue weighted by atomic mass is 10.0. The first-order valence-corrected chi connectivity index (χ1v) is 5.10. The molecule has 0 aromatic heterocycles. The van der Waals surface area contributed by atoms with Gasteiger partial charge in [-0.2, -0.15) is 0 Å². The van der Waals surface area contributed by atoms with Crippen molar-refractivity contribution in [1.29, 1.82) is 0 Å². The van der Waals surface area contributed by atoms with Crippen molar-refractivity contribution in [2.45, 2.75) is 52.6 Å². The quantitative estimate of drug-likeness (QED) is 0.611. The highest BCUT2D eigenvalue weighted by Gasteiger charge is 2.06. The number of methoxy groups -OCH3 is 1. The highest BCUT2D eigenvalue weighted by molar-refractivity contribution is 5.78. The minimum Gasteiger partial charge on any atom is -0.382 e. The Morgan fingerprint density at radius 2 is 1.69 bits per heavy atom. The van der Waals surface area contributed by atoms with Crippen molar-refractivity contribution in [3.63, 3.8) is 0 Å². The lowest BCUT2D eigenvalue weighted by Gasteiger charge is -2.08. The third-order valence-electron chi connectivity index (χ3n) is 2.23. The zero-order valence-electron chi connectivity index (χ0n) is 9.30. The highest BCUT2D eigenvalue weighted by Crippen LogP contribution is 2.08. The summed E-state index contributed by atoms with van der Waals surface area (Å²) in [6, 6.07) is 0. The van der Waals surface area contributed by atoms with Crippen LogP contribution in [-0.2, 0) is 9.53 Å². The molecule has 0 bridgehead atoms. The zero-order valence-corrected chi connectivity index (χ0v) is 9.30. The fourth-order valence-electron chi connectivity index (χ4n) is 1.06. The van der Waals surface area contributed by atoms with Gasteiger partial charge < -0.3 is 4.74 Å². The van der Waals surface area contributed by atoms with Crippen LogP contribution in [0.4, 0.5) is 0 Å². The molecule has 13 heavy (non-hydrogen) atoms. The average molecular weight is 186 g/mol. The van der Waals surface area contributed by atoms with E-state index in [0.717, 1.165) is 19.3 Å². The molecular weight excluding hydrogens is 164 g/mol. The maximum Gasteiger partial charge on any atom is 0.133 e. The first-order chi connectivity index (χ1) is 6.06. The molecule has 78 valence electrons. The van der Waals surface area contributed by atoms with Crippen LogP contribution in [0.1, 0.15) is 46.5 Å². The van der Waals surface area contributed by atoms with E-state index >= 15 is 0 Å². The van der Waals surface area contributed by atoms with Gasteiger partial charge in [0.05, 0.1) is 6.10 Å².